The van der Waals surface area contributed by atoms with Gasteiger partial charge in [0.2, 0.25) is 0 Å². The predicted octanol–water partition coefficient (Wildman–Crippen LogP) is 9.59. The molecule has 0 unspecified atom stereocenters. The molecule has 1 aliphatic rings. The quantitative estimate of drug-likeness (QED) is 0.316. The predicted molar refractivity (Wildman–Crippen MR) is 113 cm³/mol. The summed E-state index contributed by atoms with van der Waals surface area (Å²) in [4.78, 5) is -1.86. The van der Waals surface area contributed by atoms with Crippen LogP contribution in [0.4, 0.5) is 19.4 Å². The fraction of sp³-hybridized carbons (Fsp3) is 0.391. The molecule has 6 heteroatoms. The van der Waals surface area contributed by atoms with E-state index in [9.17, 15) is 19.4 Å². The van der Waals surface area contributed by atoms with Crippen LogP contribution in [-0.2, 0) is 0 Å². The Morgan fingerprint density at radius 2 is 1.24 bits per heavy atom. The lowest BCUT2D eigenvalue weighted by atomic mass is 9.77. The lowest BCUT2D eigenvalue weighted by Crippen LogP contribution is -2.13. The van der Waals surface area contributed by atoms with Gasteiger partial charge < -0.3 is 0 Å². The van der Waals surface area contributed by atoms with Gasteiger partial charge in [0.15, 0.2) is 0 Å². The second-order valence-corrected chi connectivity index (χ2v) is 10.5. The van der Waals surface area contributed by atoms with Crippen molar-refractivity contribution in [3.63, 3.8) is 0 Å². The van der Waals surface area contributed by atoms with E-state index in [2.05, 4.69) is 19.1 Å². The van der Waals surface area contributed by atoms with E-state index in [1.54, 1.807) is 12.2 Å². The smallest absolute Gasteiger partial charge is 0.0936 e. The molecule has 0 spiro atoms. The van der Waals surface area contributed by atoms with Crippen LogP contribution in [0, 0.1) is 5.92 Å². The van der Waals surface area contributed by atoms with Crippen LogP contribution in [0.3, 0.4) is 0 Å². The minimum absolute atomic E-state index is 0.439. The van der Waals surface area contributed by atoms with Gasteiger partial charge in [0.25, 0.3) is 0 Å². The van der Waals surface area contributed by atoms with E-state index in [4.69, 9.17) is 0 Å². The van der Waals surface area contributed by atoms with Gasteiger partial charge in [-0.05, 0) is 66.3 Å². The third-order valence-corrected chi connectivity index (χ3v) is 6.91. The molecule has 2 aromatic carbocycles. The van der Waals surface area contributed by atoms with Crippen molar-refractivity contribution in [2.45, 2.75) is 56.3 Å². The standard InChI is InChI=1S/C23H27F5S/c1-2-3-18-6-12-21(13-7-18)22-14-8-19(9-15-22)4-5-20-10-16-23(17-11-20)29(24,25,26,27)28/h4-5,8-11,14-18,21H,2-3,6-7,12-13H2,1H3/b5-4+. The van der Waals surface area contributed by atoms with Crippen LogP contribution in [0.25, 0.3) is 12.2 Å². The number of rotatable bonds is 6. The van der Waals surface area contributed by atoms with Crippen molar-refractivity contribution in [3.05, 3.63) is 65.2 Å². The fourth-order valence-corrected chi connectivity index (χ4v) is 4.75. The monoisotopic (exact) mass is 430 g/mol. The average molecular weight is 431 g/mol. The van der Waals surface area contributed by atoms with E-state index in [0.717, 1.165) is 23.6 Å². The first kappa shape index (κ1) is 21.9. The number of hydrogen-bond acceptors (Lipinski definition) is 0. The minimum Gasteiger partial charge on any atom is -0.0936 e. The number of benzene rings is 2. The van der Waals surface area contributed by atoms with Crippen LogP contribution >= 0.6 is 10.2 Å². The van der Waals surface area contributed by atoms with E-state index >= 15 is 0 Å². The molecule has 1 aliphatic carbocycles. The summed E-state index contributed by atoms with van der Waals surface area (Å²) in [6, 6.07) is 11.2. The highest BCUT2D eigenvalue weighted by Crippen LogP contribution is 3.02. The second-order valence-electron chi connectivity index (χ2n) is 8.04. The lowest BCUT2D eigenvalue weighted by Gasteiger charge is -2.40. The van der Waals surface area contributed by atoms with Crippen LogP contribution in [0.15, 0.2) is 53.4 Å². The molecule has 1 fully saturated rings. The molecule has 0 bridgehead atoms. The van der Waals surface area contributed by atoms with Crippen molar-refractivity contribution in [1.82, 2.24) is 0 Å². The molecule has 0 nitrogen and oxygen atoms in total. The number of halogens is 5. The molecule has 1 saturated carbocycles. The summed E-state index contributed by atoms with van der Waals surface area (Å²) in [5.41, 5.74) is 2.69. The normalized spacial score (nSPS) is 23.0. The van der Waals surface area contributed by atoms with Gasteiger partial charge in [0.05, 0.1) is 0 Å². The molecule has 2 aromatic rings. The second kappa shape index (κ2) is 7.46. The van der Waals surface area contributed by atoms with Crippen molar-refractivity contribution in [1.29, 1.82) is 0 Å². The van der Waals surface area contributed by atoms with E-state index in [-0.39, 0.29) is 0 Å². The number of hydrogen-bond donors (Lipinski definition) is 0. The van der Waals surface area contributed by atoms with E-state index in [1.165, 1.54) is 44.1 Å². The molecule has 0 atom stereocenters. The zero-order valence-electron chi connectivity index (χ0n) is 16.5. The fourth-order valence-electron chi connectivity index (χ4n) is 4.10. The van der Waals surface area contributed by atoms with Crippen LogP contribution in [0.5, 0.6) is 0 Å². The molecule has 0 amide bonds. The first-order valence-corrected chi connectivity index (χ1v) is 12.0. The van der Waals surface area contributed by atoms with Gasteiger partial charge in [-0.3, -0.25) is 0 Å². The molecule has 3 rings (SSSR count). The highest BCUT2D eigenvalue weighted by Gasteiger charge is 2.65. The molecule has 0 aliphatic heterocycles. The molecule has 0 N–H and O–H groups in total. The molecule has 0 saturated heterocycles. The highest BCUT2D eigenvalue weighted by atomic mass is 32.5. The van der Waals surface area contributed by atoms with Crippen LogP contribution in [0.1, 0.15) is 68.1 Å². The minimum atomic E-state index is -9.61. The molecule has 0 aromatic heterocycles. The van der Waals surface area contributed by atoms with Gasteiger partial charge >= 0.3 is 10.2 Å². The summed E-state index contributed by atoms with van der Waals surface area (Å²) >= 11 is 0. The Hall–Kier alpha value is -1.82. The third kappa shape index (κ3) is 6.08. The molecule has 160 valence electrons. The summed E-state index contributed by atoms with van der Waals surface area (Å²) in [7, 11) is -9.61. The zero-order valence-corrected chi connectivity index (χ0v) is 17.3. The van der Waals surface area contributed by atoms with E-state index in [0.29, 0.717) is 23.6 Å². The van der Waals surface area contributed by atoms with Gasteiger partial charge in [-0.25, -0.2) is 0 Å². The van der Waals surface area contributed by atoms with Crippen molar-refractivity contribution in [2.75, 3.05) is 0 Å². The Balaban J connectivity index is 1.62. The average Bonchev–Trinajstić information content (AvgIpc) is 2.66. The molecular weight excluding hydrogens is 403 g/mol. The summed E-state index contributed by atoms with van der Waals surface area (Å²) in [6.07, 6.45) is 11.0. The van der Waals surface area contributed by atoms with Crippen LogP contribution < -0.4 is 0 Å². The SMILES string of the molecule is CCCC1CCC(c2ccc(/C=C/c3ccc(S(F)(F)(F)(F)F)cc3)cc2)CC1. The Morgan fingerprint density at radius 3 is 1.69 bits per heavy atom. The highest BCUT2D eigenvalue weighted by molar-refractivity contribution is 8.45. The third-order valence-electron chi connectivity index (χ3n) is 5.75. The van der Waals surface area contributed by atoms with E-state index in [1.807, 2.05) is 12.1 Å². The molecular formula is C23H27F5S. The van der Waals surface area contributed by atoms with Crippen LogP contribution in [0.2, 0.25) is 0 Å². The first-order valence-electron chi connectivity index (χ1n) is 10.1. The Kier molecular flexibility index (Phi) is 5.63. The lowest BCUT2D eigenvalue weighted by molar-refractivity contribution is 0.308. The molecule has 0 radical (unpaired) electrons. The van der Waals surface area contributed by atoms with Crippen molar-refractivity contribution >= 4 is 22.4 Å². The van der Waals surface area contributed by atoms with Gasteiger partial charge in [0.1, 0.15) is 4.90 Å². The van der Waals surface area contributed by atoms with Gasteiger partial charge in [-0.15, -0.1) is 0 Å². The topological polar surface area (TPSA) is 0 Å². The van der Waals surface area contributed by atoms with Crippen molar-refractivity contribution in [3.8, 4) is 0 Å². The zero-order chi connectivity index (χ0) is 21.2. The molecule has 29 heavy (non-hydrogen) atoms. The van der Waals surface area contributed by atoms with Gasteiger partial charge in [0, 0.05) is 0 Å². The maximum absolute atomic E-state index is 12.8. The molecule has 0 heterocycles. The largest absolute Gasteiger partial charge is 0.310 e. The Labute approximate surface area is 169 Å². The van der Waals surface area contributed by atoms with Gasteiger partial charge in [-0.2, -0.15) is 0 Å². The Bertz CT molecular complexity index is 844. The van der Waals surface area contributed by atoms with Crippen molar-refractivity contribution < 1.29 is 19.4 Å². The van der Waals surface area contributed by atoms with Crippen LogP contribution in [-0.4, -0.2) is 0 Å². The summed E-state index contributed by atoms with van der Waals surface area (Å²) in [5, 5.41) is 0. The van der Waals surface area contributed by atoms with Crippen molar-refractivity contribution in [2.24, 2.45) is 5.92 Å². The maximum atomic E-state index is 12.8. The maximum Gasteiger partial charge on any atom is 0.310 e. The summed E-state index contributed by atoms with van der Waals surface area (Å²) in [5.74, 6) is 1.46. The Morgan fingerprint density at radius 1 is 0.759 bits per heavy atom. The first-order chi connectivity index (χ1) is 13.4. The van der Waals surface area contributed by atoms with E-state index < -0.39 is 15.1 Å². The summed E-state index contributed by atoms with van der Waals surface area (Å²) < 4.78 is 63.8. The summed E-state index contributed by atoms with van der Waals surface area (Å²) in [6.45, 7) is 2.24. The van der Waals surface area contributed by atoms with Gasteiger partial charge in [-0.1, -0.05) is 87.7 Å².